The molecule has 2 aliphatic rings. The molecule has 1 saturated heterocycles. The molecule has 7 heteroatoms. The van der Waals surface area contributed by atoms with E-state index in [-0.39, 0.29) is 47.1 Å². The molecule has 1 aliphatic carbocycles. The number of benzene rings is 2. The maximum absolute atomic E-state index is 13.4. The maximum atomic E-state index is 13.4. The van der Waals surface area contributed by atoms with Crippen LogP contribution in [0, 0.1) is 5.92 Å². The Labute approximate surface area is 171 Å². The number of hydrogen-bond donors (Lipinski definition) is 1. The highest BCUT2D eigenvalue weighted by Crippen LogP contribution is 2.36. The van der Waals surface area contributed by atoms with Gasteiger partial charge in [-0.25, -0.2) is 8.42 Å². The van der Waals surface area contributed by atoms with Gasteiger partial charge in [-0.1, -0.05) is 37.1 Å². The fourth-order valence-electron chi connectivity index (χ4n) is 4.36. The van der Waals surface area contributed by atoms with Gasteiger partial charge in [-0.3, -0.25) is 9.59 Å². The molecule has 2 aromatic carbocycles. The smallest absolute Gasteiger partial charge is 0.255 e. The summed E-state index contributed by atoms with van der Waals surface area (Å²) in [6, 6.07) is 14.9. The summed E-state index contributed by atoms with van der Waals surface area (Å²) in [5.41, 5.74) is 0.925. The van der Waals surface area contributed by atoms with Crippen LogP contribution in [0.5, 0.6) is 0 Å². The molecule has 2 atom stereocenters. The van der Waals surface area contributed by atoms with Gasteiger partial charge in [0.1, 0.15) is 5.78 Å². The number of Topliss-reactive ketones (excluding diaryl/α,β-unsaturated/α-hetero) is 1. The van der Waals surface area contributed by atoms with E-state index in [4.69, 9.17) is 0 Å². The Morgan fingerprint density at radius 2 is 1.76 bits per heavy atom. The van der Waals surface area contributed by atoms with E-state index < -0.39 is 10.0 Å². The number of rotatable bonds is 4. The van der Waals surface area contributed by atoms with E-state index in [1.54, 1.807) is 24.3 Å². The van der Waals surface area contributed by atoms with Gasteiger partial charge in [0.25, 0.3) is 5.91 Å². The number of nitrogens with one attached hydrogen (secondary N) is 1. The minimum Gasteiger partial charge on any atom is -0.322 e. The summed E-state index contributed by atoms with van der Waals surface area (Å²) < 4.78 is 28.2. The first kappa shape index (κ1) is 19.8. The van der Waals surface area contributed by atoms with E-state index in [0.29, 0.717) is 12.1 Å². The molecule has 2 aromatic rings. The number of piperidine rings is 1. The van der Waals surface area contributed by atoms with E-state index in [0.717, 1.165) is 19.3 Å². The molecule has 1 aliphatic heterocycles. The first-order valence-corrected chi connectivity index (χ1v) is 11.4. The molecule has 6 nitrogen and oxygen atoms in total. The van der Waals surface area contributed by atoms with Crippen molar-refractivity contribution in [1.82, 2.24) is 4.31 Å². The zero-order valence-electron chi connectivity index (χ0n) is 16.1. The van der Waals surface area contributed by atoms with Crippen LogP contribution in [0.3, 0.4) is 0 Å². The zero-order chi connectivity index (χ0) is 20.4. The minimum absolute atomic E-state index is 0.0943. The number of carbonyl (C=O) groups excluding carboxylic acids is 2. The molecule has 1 amide bonds. The van der Waals surface area contributed by atoms with Crippen LogP contribution < -0.4 is 5.32 Å². The minimum atomic E-state index is -3.78. The lowest BCUT2D eigenvalue weighted by atomic mass is 9.79. The Morgan fingerprint density at radius 3 is 2.55 bits per heavy atom. The van der Waals surface area contributed by atoms with E-state index in [1.807, 2.05) is 18.2 Å². The van der Waals surface area contributed by atoms with Crippen LogP contribution in [-0.2, 0) is 14.8 Å². The highest BCUT2D eigenvalue weighted by Gasteiger charge is 2.43. The first-order chi connectivity index (χ1) is 14.0. The van der Waals surface area contributed by atoms with Crippen LogP contribution in [0.1, 0.15) is 42.5 Å². The van der Waals surface area contributed by atoms with Crippen LogP contribution in [-0.4, -0.2) is 37.0 Å². The number of anilines is 1. The normalized spacial score (nSPS) is 22.7. The van der Waals surface area contributed by atoms with Gasteiger partial charge < -0.3 is 5.32 Å². The molecule has 1 saturated carbocycles. The molecule has 0 aromatic heterocycles. The summed E-state index contributed by atoms with van der Waals surface area (Å²) in [5.74, 6) is -0.383. The van der Waals surface area contributed by atoms with Crippen molar-refractivity contribution in [2.75, 3.05) is 11.9 Å². The molecule has 29 heavy (non-hydrogen) atoms. The fraction of sp³-hybridized carbons (Fsp3) is 0.364. The van der Waals surface area contributed by atoms with Crippen LogP contribution in [0.15, 0.2) is 59.5 Å². The summed E-state index contributed by atoms with van der Waals surface area (Å²) in [7, 11) is -3.78. The number of para-hydroxylation sites is 1. The number of nitrogens with zero attached hydrogens (tertiary/aromatic N) is 1. The number of ketones is 1. The quantitative estimate of drug-likeness (QED) is 0.834. The second-order valence-electron chi connectivity index (χ2n) is 7.64. The molecule has 0 unspecified atom stereocenters. The highest BCUT2D eigenvalue weighted by atomic mass is 32.2. The Kier molecular flexibility index (Phi) is 5.52. The van der Waals surface area contributed by atoms with E-state index in [9.17, 15) is 18.0 Å². The molecular formula is C22H24N2O4S. The van der Waals surface area contributed by atoms with Gasteiger partial charge in [0.2, 0.25) is 10.0 Å². The van der Waals surface area contributed by atoms with Crippen molar-refractivity contribution in [1.29, 1.82) is 0 Å². The van der Waals surface area contributed by atoms with Crippen LogP contribution in [0.2, 0.25) is 0 Å². The van der Waals surface area contributed by atoms with Gasteiger partial charge in [0, 0.05) is 36.2 Å². The molecule has 1 N–H and O–H groups in total. The number of amides is 1. The third kappa shape index (κ3) is 3.97. The average Bonchev–Trinajstić information content (AvgIpc) is 2.75. The summed E-state index contributed by atoms with van der Waals surface area (Å²) >= 11 is 0. The van der Waals surface area contributed by atoms with Crippen molar-refractivity contribution in [3.63, 3.8) is 0 Å². The number of hydrogen-bond acceptors (Lipinski definition) is 4. The Hall–Kier alpha value is -2.51. The second-order valence-corrected chi connectivity index (χ2v) is 9.53. The lowest BCUT2D eigenvalue weighted by molar-refractivity contribution is -0.128. The number of sulfonamides is 1. The predicted molar refractivity (Wildman–Crippen MR) is 110 cm³/mol. The van der Waals surface area contributed by atoms with Crippen molar-refractivity contribution >= 4 is 27.4 Å². The summed E-state index contributed by atoms with van der Waals surface area (Å²) in [6.07, 6.45) is 3.63. The molecule has 0 radical (unpaired) electrons. The molecule has 4 rings (SSSR count). The third-order valence-corrected chi connectivity index (χ3v) is 7.75. The van der Waals surface area contributed by atoms with Crippen LogP contribution >= 0.6 is 0 Å². The van der Waals surface area contributed by atoms with Crippen LogP contribution in [0.4, 0.5) is 5.69 Å². The first-order valence-electron chi connectivity index (χ1n) is 9.98. The topological polar surface area (TPSA) is 83.6 Å². The molecule has 152 valence electrons. The van der Waals surface area contributed by atoms with Crippen LogP contribution in [0.25, 0.3) is 0 Å². The maximum Gasteiger partial charge on any atom is 0.255 e. The van der Waals surface area contributed by atoms with Gasteiger partial charge >= 0.3 is 0 Å². The summed E-state index contributed by atoms with van der Waals surface area (Å²) in [4.78, 5) is 25.0. The van der Waals surface area contributed by atoms with E-state index >= 15 is 0 Å². The lowest BCUT2D eigenvalue weighted by Crippen LogP contribution is -2.53. The second kappa shape index (κ2) is 8.08. The number of fused-ring (bicyclic) bond motifs is 1. The lowest BCUT2D eigenvalue weighted by Gasteiger charge is -2.42. The highest BCUT2D eigenvalue weighted by molar-refractivity contribution is 7.89. The molecule has 1 heterocycles. The largest absolute Gasteiger partial charge is 0.322 e. The fourth-order valence-corrected chi connectivity index (χ4v) is 6.10. The van der Waals surface area contributed by atoms with E-state index in [2.05, 4.69) is 5.32 Å². The Bertz CT molecular complexity index is 1020. The van der Waals surface area contributed by atoms with Gasteiger partial charge in [-0.05, 0) is 43.2 Å². The Morgan fingerprint density at radius 1 is 1.00 bits per heavy atom. The zero-order valence-corrected chi connectivity index (χ0v) is 16.9. The molecule has 0 spiro atoms. The van der Waals surface area contributed by atoms with E-state index in [1.165, 1.54) is 16.4 Å². The van der Waals surface area contributed by atoms with Gasteiger partial charge in [-0.2, -0.15) is 4.31 Å². The monoisotopic (exact) mass is 412 g/mol. The van der Waals surface area contributed by atoms with Gasteiger partial charge in [0.15, 0.2) is 0 Å². The number of carbonyl (C=O) groups is 2. The van der Waals surface area contributed by atoms with Crippen molar-refractivity contribution in [2.45, 2.75) is 43.0 Å². The van der Waals surface area contributed by atoms with Gasteiger partial charge in [-0.15, -0.1) is 0 Å². The molecule has 0 bridgehead atoms. The SMILES string of the molecule is O=C(Nc1ccccc1)c1cccc(S(=O)(=O)N2CCC(=O)[C@@H]3CCCC[C@H]32)c1. The van der Waals surface area contributed by atoms with Crippen molar-refractivity contribution in [3.8, 4) is 0 Å². The van der Waals surface area contributed by atoms with Gasteiger partial charge in [0.05, 0.1) is 4.90 Å². The predicted octanol–water partition coefficient (Wildman–Crippen LogP) is 3.46. The Balaban J connectivity index is 1.59. The van der Waals surface area contributed by atoms with Crippen molar-refractivity contribution in [2.24, 2.45) is 5.92 Å². The standard InChI is InChI=1S/C22H24N2O4S/c25-21-13-14-24(20-12-5-4-11-19(20)21)29(27,28)18-10-6-7-16(15-18)22(26)23-17-8-2-1-3-9-17/h1-3,6-10,15,19-20H,4-5,11-14H2,(H,23,26)/t19-,20-/m1/s1. The van der Waals surface area contributed by atoms with Crippen molar-refractivity contribution in [3.05, 3.63) is 60.2 Å². The molecular weight excluding hydrogens is 388 g/mol. The summed E-state index contributed by atoms with van der Waals surface area (Å²) in [6.45, 7) is 0.211. The average molecular weight is 413 g/mol. The molecule has 2 fully saturated rings. The third-order valence-electron chi connectivity index (χ3n) is 5.83. The summed E-state index contributed by atoms with van der Waals surface area (Å²) in [5, 5.41) is 2.78. The van der Waals surface area contributed by atoms with Crippen molar-refractivity contribution < 1.29 is 18.0 Å².